The molecule has 0 bridgehead atoms. The van der Waals surface area contributed by atoms with Crippen LogP contribution in [-0.2, 0) is 30.0 Å². The highest BCUT2D eigenvalue weighted by molar-refractivity contribution is 7.89. The van der Waals surface area contributed by atoms with Gasteiger partial charge in [-0.3, -0.25) is 14.8 Å². The largest absolute Gasteiger partial charge is 0.275 e. The van der Waals surface area contributed by atoms with Gasteiger partial charge in [-0.05, 0) is 12.0 Å². The summed E-state index contributed by atoms with van der Waals surface area (Å²) in [5.41, 5.74) is 1.08. The van der Waals surface area contributed by atoms with Gasteiger partial charge in [0.1, 0.15) is 0 Å². The number of hydrogen-bond donors (Lipinski definition) is 0. The second-order valence-corrected chi connectivity index (χ2v) is 7.26. The molecule has 0 radical (unpaired) electrons. The van der Waals surface area contributed by atoms with E-state index in [2.05, 4.69) is 5.10 Å². The van der Waals surface area contributed by atoms with Crippen LogP contribution in [0.3, 0.4) is 0 Å². The second-order valence-electron chi connectivity index (χ2n) is 5.36. The molecular weight excluding hydrogens is 332 g/mol. The number of non-ortho nitro benzene ring substituents is 1. The molecule has 0 saturated carbocycles. The lowest BCUT2D eigenvalue weighted by molar-refractivity contribution is -0.385. The maximum Gasteiger partial charge on any atom is 0.270 e. The molecule has 0 aliphatic heterocycles. The summed E-state index contributed by atoms with van der Waals surface area (Å²) < 4.78 is 28.9. The molecule has 1 heterocycles. The van der Waals surface area contributed by atoms with Crippen LogP contribution >= 0.6 is 0 Å². The monoisotopic (exact) mass is 352 g/mol. The van der Waals surface area contributed by atoms with Crippen LogP contribution in [0.2, 0.25) is 0 Å². The van der Waals surface area contributed by atoms with Gasteiger partial charge >= 0.3 is 0 Å². The van der Waals surface area contributed by atoms with Crippen molar-refractivity contribution in [3.8, 4) is 0 Å². The van der Waals surface area contributed by atoms with Gasteiger partial charge in [-0.25, -0.2) is 8.42 Å². The summed E-state index contributed by atoms with van der Waals surface area (Å²) in [6.45, 7) is 3.97. The maximum absolute atomic E-state index is 13.0. The van der Waals surface area contributed by atoms with E-state index in [9.17, 15) is 18.5 Å². The van der Waals surface area contributed by atoms with Crippen molar-refractivity contribution in [1.82, 2.24) is 14.1 Å². The highest BCUT2D eigenvalue weighted by Crippen LogP contribution is 2.26. The van der Waals surface area contributed by atoms with Crippen molar-refractivity contribution in [2.45, 2.75) is 31.7 Å². The van der Waals surface area contributed by atoms with E-state index in [4.69, 9.17) is 0 Å². The lowest BCUT2D eigenvalue weighted by Crippen LogP contribution is -2.31. The summed E-state index contributed by atoms with van der Waals surface area (Å²) in [7, 11) is -2.09. The number of aromatic nitrogens is 2. The first kappa shape index (κ1) is 18.1. The van der Waals surface area contributed by atoms with E-state index < -0.39 is 14.9 Å². The summed E-state index contributed by atoms with van der Waals surface area (Å²) in [5.74, 6) is 0. The van der Waals surface area contributed by atoms with Crippen LogP contribution in [0.1, 0.15) is 25.0 Å². The predicted octanol–water partition coefficient (Wildman–Crippen LogP) is 2.10. The average molecular weight is 352 g/mol. The third-order valence-electron chi connectivity index (χ3n) is 3.73. The Morgan fingerprint density at radius 3 is 2.54 bits per heavy atom. The molecule has 1 aromatic carbocycles. The van der Waals surface area contributed by atoms with Gasteiger partial charge in [-0.2, -0.15) is 9.40 Å². The van der Waals surface area contributed by atoms with Crippen LogP contribution in [0.5, 0.6) is 0 Å². The van der Waals surface area contributed by atoms with Crippen LogP contribution in [0.15, 0.2) is 35.5 Å². The molecule has 0 atom stereocenters. The van der Waals surface area contributed by atoms with Crippen molar-refractivity contribution in [3.63, 3.8) is 0 Å². The number of sulfonamides is 1. The summed E-state index contributed by atoms with van der Waals surface area (Å²) in [6, 6.07) is 3.97. The van der Waals surface area contributed by atoms with E-state index in [1.165, 1.54) is 16.4 Å². The van der Waals surface area contributed by atoms with Gasteiger partial charge in [0.25, 0.3) is 5.69 Å². The van der Waals surface area contributed by atoms with Crippen molar-refractivity contribution in [3.05, 3.63) is 51.8 Å². The molecular formula is C15H20N4O4S. The highest BCUT2D eigenvalue weighted by Gasteiger charge is 2.28. The van der Waals surface area contributed by atoms with Crippen LogP contribution in [-0.4, -0.2) is 34.0 Å². The van der Waals surface area contributed by atoms with E-state index in [0.717, 1.165) is 11.6 Å². The number of rotatable bonds is 7. The van der Waals surface area contributed by atoms with Crippen LogP contribution in [0.4, 0.5) is 5.69 Å². The molecule has 0 spiro atoms. The van der Waals surface area contributed by atoms with Crippen molar-refractivity contribution in [2.75, 3.05) is 6.54 Å². The standard InChI is InChI=1S/C15H20N4O4S/c1-4-13-6-7-14(19(20)21)8-15(13)24(22,23)18(5-2)11-12-9-16-17(3)10-12/h6-10H,4-5,11H2,1-3H3. The van der Waals surface area contributed by atoms with Gasteiger partial charge in [-0.1, -0.05) is 19.9 Å². The molecule has 0 saturated heterocycles. The van der Waals surface area contributed by atoms with Gasteiger partial charge in [0.2, 0.25) is 10.0 Å². The summed E-state index contributed by atoms with van der Waals surface area (Å²) in [4.78, 5) is 10.4. The van der Waals surface area contributed by atoms with E-state index in [1.807, 2.05) is 6.92 Å². The Kier molecular flexibility index (Phi) is 5.35. The fourth-order valence-corrected chi connectivity index (χ4v) is 4.20. The third kappa shape index (κ3) is 3.62. The fourth-order valence-electron chi connectivity index (χ4n) is 2.45. The number of benzene rings is 1. The zero-order valence-corrected chi connectivity index (χ0v) is 14.7. The Morgan fingerprint density at radius 1 is 1.33 bits per heavy atom. The Bertz CT molecular complexity index is 845. The first-order valence-electron chi connectivity index (χ1n) is 7.54. The molecule has 0 unspecified atom stereocenters. The first-order valence-corrected chi connectivity index (χ1v) is 8.98. The molecule has 2 rings (SSSR count). The normalized spacial score (nSPS) is 11.8. The van der Waals surface area contributed by atoms with Crippen LogP contribution < -0.4 is 0 Å². The summed E-state index contributed by atoms with van der Waals surface area (Å²) in [6.07, 6.45) is 3.82. The molecule has 130 valence electrons. The molecule has 0 fully saturated rings. The van der Waals surface area contributed by atoms with Crippen molar-refractivity contribution >= 4 is 15.7 Å². The molecule has 9 heteroatoms. The number of nitro benzene ring substituents is 1. The first-order chi connectivity index (χ1) is 11.3. The minimum atomic E-state index is -3.85. The van der Waals surface area contributed by atoms with E-state index in [-0.39, 0.29) is 23.7 Å². The van der Waals surface area contributed by atoms with Gasteiger partial charge in [-0.15, -0.1) is 0 Å². The summed E-state index contributed by atoms with van der Waals surface area (Å²) >= 11 is 0. The quantitative estimate of drug-likeness (QED) is 0.561. The van der Waals surface area contributed by atoms with E-state index in [1.54, 1.807) is 31.0 Å². The third-order valence-corrected chi connectivity index (χ3v) is 5.73. The Balaban J connectivity index is 2.46. The highest BCUT2D eigenvalue weighted by atomic mass is 32.2. The second kappa shape index (κ2) is 7.10. The number of aryl methyl sites for hydroxylation is 2. The minimum absolute atomic E-state index is 0.00931. The van der Waals surface area contributed by atoms with Crippen molar-refractivity contribution < 1.29 is 13.3 Å². The van der Waals surface area contributed by atoms with Gasteiger partial charge in [0.15, 0.2) is 0 Å². The van der Waals surface area contributed by atoms with E-state index in [0.29, 0.717) is 12.0 Å². The topological polar surface area (TPSA) is 98.3 Å². The Labute approximate surface area is 140 Å². The zero-order valence-electron chi connectivity index (χ0n) is 13.8. The van der Waals surface area contributed by atoms with Crippen LogP contribution in [0.25, 0.3) is 0 Å². The lowest BCUT2D eigenvalue weighted by atomic mass is 10.1. The fraction of sp³-hybridized carbons (Fsp3) is 0.400. The van der Waals surface area contributed by atoms with Crippen molar-refractivity contribution in [1.29, 1.82) is 0 Å². The summed E-state index contributed by atoms with van der Waals surface area (Å²) in [5, 5.41) is 15.0. The predicted molar refractivity (Wildman–Crippen MR) is 89.0 cm³/mol. The SMILES string of the molecule is CCc1ccc([N+](=O)[O-])cc1S(=O)(=O)N(CC)Cc1cnn(C)c1. The molecule has 8 nitrogen and oxygen atoms in total. The number of nitrogens with zero attached hydrogens (tertiary/aromatic N) is 4. The Hall–Kier alpha value is -2.26. The minimum Gasteiger partial charge on any atom is -0.275 e. The molecule has 0 aliphatic carbocycles. The Morgan fingerprint density at radius 2 is 2.04 bits per heavy atom. The molecule has 0 amide bonds. The van der Waals surface area contributed by atoms with Gasteiger partial charge < -0.3 is 0 Å². The average Bonchev–Trinajstić information content (AvgIpc) is 2.96. The molecule has 1 aromatic heterocycles. The molecule has 24 heavy (non-hydrogen) atoms. The van der Waals surface area contributed by atoms with Crippen molar-refractivity contribution in [2.24, 2.45) is 7.05 Å². The molecule has 0 aliphatic rings. The van der Waals surface area contributed by atoms with Crippen LogP contribution in [0, 0.1) is 10.1 Å². The lowest BCUT2D eigenvalue weighted by Gasteiger charge is -2.21. The van der Waals surface area contributed by atoms with Gasteiger partial charge in [0, 0.05) is 44.0 Å². The smallest absolute Gasteiger partial charge is 0.270 e. The zero-order chi connectivity index (χ0) is 17.9. The molecule has 2 aromatic rings. The number of nitro groups is 1. The van der Waals surface area contributed by atoms with Gasteiger partial charge in [0.05, 0.1) is 16.0 Å². The molecule has 0 N–H and O–H groups in total. The van der Waals surface area contributed by atoms with E-state index >= 15 is 0 Å². The number of hydrogen-bond acceptors (Lipinski definition) is 5. The maximum atomic E-state index is 13.0.